The first kappa shape index (κ1) is 14.4. The molecule has 17 heavy (non-hydrogen) atoms. The lowest BCUT2D eigenvalue weighted by Crippen LogP contribution is -2.48. The molecule has 0 aromatic carbocycles. The van der Waals surface area contributed by atoms with Crippen LogP contribution in [0.25, 0.3) is 0 Å². The Morgan fingerprint density at radius 2 is 2.29 bits per heavy atom. The van der Waals surface area contributed by atoms with Crippen LogP contribution in [0.4, 0.5) is 0 Å². The van der Waals surface area contributed by atoms with Gasteiger partial charge in [-0.3, -0.25) is 9.69 Å². The molecule has 0 radical (unpaired) electrons. The van der Waals surface area contributed by atoms with Crippen molar-refractivity contribution < 1.29 is 9.53 Å². The summed E-state index contributed by atoms with van der Waals surface area (Å²) < 4.78 is 5.61. The fourth-order valence-electron chi connectivity index (χ4n) is 1.86. The van der Waals surface area contributed by atoms with Gasteiger partial charge in [0, 0.05) is 19.6 Å². The number of amides is 1. The quantitative estimate of drug-likeness (QED) is 0.609. The van der Waals surface area contributed by atoms with Crippen molar-refractivity contribution in [1.29, 1.82) is 0 Å². The first-order valence-electron chi connectivity index (χ1n) is 6.57. The average molecular weight is 243 g/mol. The third-order valence-corrected chi connectivity index (χ3v) is 2.91. The van der Waals surface area contributed by atoms with E-state index in [0.717, 1.165) is 39.2 Å². The Bertz CT molecular complexity index is 224. The maximum Gasteiger partial charge on any atom is 0.234 e. The number of nitrogens with zero attached hydrogens (tertiary/aromatic N) is 1. The summed E-state index contributed by atoms with van der Waals surface area (Å²) in [5, 5.41) is 5.98. The van der Waals surface area contributed by atoms with Crippen molar-refractivity contribution in [2.75, 3.05) is 45.9 Å². The Hall–Kier alpha value is -0.650. The zero-order valence-corrected chi connectivity index (χ0v) is 11.0. The van der Waals surface area contributed by atoms with Crippen molar-refractivity contribution >= 4 is 5.91 Å². The summed E-state index contributed by atoms with van der Waals surface area (Å²) in [6.07, 6.45) is 1.18. The summed E-state index contributed by atoms with van der Waals surface area (Å²) in [4.78, 5) is 13.8. The number of morpholine rings is 1. The summed E-state index contributed by atoms with van der Waals surface area (Å²) in [5.74, 6) is 0.0515. The molecule has 0 saturated carbocycles. The molecule has 0 aromatic heterocycles. The Kier molecular flexibility index (Phi) is 7.16. The van der Waals surface area contributed by atoms with Crippen molar-refractivity contribution in [2.45, 2.75) is 26.4 Å². The van der Waals surface area contributed by atoms with Gasteiger partial charge < -0.3 is 15.4 Å². The molecule has 1 aliphatic heterocycles. The van der Waals surface area contributed by atoms with Gasteiger partial charge in [-0.1, -0.05) is 13.8 Å². The van der Waals surface area contributed by atoms with Gasteiger partial charge in [-0.05, 0) is 19.5 Å². The molecule has 1 fully saturated rings. The monoisotopic (exact) mass is 243 g/mol. The van der Waals surface area contributed by atoms with Gasteiger partial charge in [0.25, 0.3) is 0 Å². The molecule has 1 unspecified atom stereocenters. The molecule has 1 amide bonds. The van der Waals surface area contributed by atoms with Crippen LogP contribution in [0.15, 0.2) is 0 Å². The highest BCUT2D eigenvalue weighted by Crippen LogP contribution is 2.03. The van der Waals surface area contributed by atoms with Crippen molar-refractivity contribution in [3.63, 3.8) is 0 Å². The zero-order valence-electron chi connectivity index (χ0n) is 11.0. The molecule has 0 aromatic rings. The SMILES string of the molecule is CCCNCC(=O)NCC1CN(CC)CCO1. The van der Waals surface area contributed by atoms with Gasteiger partial charge >= 0.3 is 0 Å². The lowest BCUT2D eigenvalue weighted by molar-refractivity contribution is -0.121. The van der Waals surface area contributed by atoms with Gasteiger partial charge in [-0.2, -0.15) is 0 Å². The van der Waals surface area contributed by atoms with Crippen LogP contribution in [0.1, 0.15) is 20.3 Å². The molecule has 2 N–H and O–H groups in total. The summed E-state index contributed by atoms with van der Waals surface area (Å²) in [6, 6.07) is 0. The van der Waals surface area contributed by atoms with Crippen LogP contribution < -0.4 is 10.6 Å². The van der Waals surface area contributed by atoms with Gasteiger partial charge in [0.15, 0.2) is 0 Å². The van der Waals surface area contributed by atoms with Crippen LogP contribution in [0.2, 0.25) is 0 Å². The van der Waals surface area contributed by atoms with Crippen molar-refractivity contribution in [3.8, 4) is 0 Å². The van der Waals surface area contributed by atoms with E-state index in [4.69, 9.17) is 4.74 Å². The van der Waals surface area contributed by atoms with Crippen molar-refractivity contribution in [1.82, 2.24) is 15.5 Å². The second-order valence-electron chi connectivity index (χ2n) is 4.37. The zero-order chi connectivity index (χ0) is 12.5. The second kappa shape index (κ2) is 8.44. The highest BCUT2D eigenvalue weighted by Gasteiger charge is 2.19. The molecule has 1 rings (SSSR count). The molecule has 5 heteroatoms. The maximum atomic E-state index is 11.5. The van der Waals surface area contributed by atoms with E-state index >= 15 is 0 Å². The predicted octanol–water partition coefficient (Wildman–Crippen LogP) is -0.177. The van der Waals surface area contributed by atoms with E-state index in [1.807, 2.05) is 0 Å². The largest absolute Gasteiger partial charge is 0.374 e. The van der Waals surface area contributed by atoms with Crippen molar-refractivity contribution in [3.05, 3.63) is 0 Å². The van der Waals surface area contributed by atoms with E-state index in [1.54, 1.807) is 0 Å². The number of rotatable bonds is 7. The third-order valence-electron chi connectivity index (χ3n) is 2.91. The first-order chi connectivity index (χ1) is 8.26. The number of hydrogen-bond acceptors (Lipinski definition) is 4. The number of nitrogens with one attached hydrogen (secondary N) is 2. The van der Waals surface area contributed by atoms with Gasteiger partial charge in [0.2, 0.25) is 5.91 Å². The van der Waals surface area contributed by atoms with Gasteiger partial charge in [0.1, 0.15) is 0 Å². The number of carbonyl (C=O) groups is 1. The van der Waals surface area contributed by atoms with Crippen LogP contribution >= 0.6 is 0 Å². The molecule has 1 saturated heterocycles. The molecular weight excluding hydrogens is 218 g/mol. The van der Waals surface area contributed by atoms with Gasteiger partial charge in [-0.15, -0.1) is 0 Å². The molecule has 1 aliphatic rings. The Morgan fingerprint density at radius 3 is 3.00 bits per heavy atom. The van der Waals surface area contributed by atoms with E-state index in [1.165, 1.54) is 0 Å². The van der Waals surface area contributed by atoms with E-state index in [2.05, 4.69) is 29.4 Å². The maximum absolute atomic E-state index is 11.5. The summed E-state index contributed by atoms with van der Waals surface area (Å²) in [7, 11) is 0. The number of likely N-dealkylation sites (N-methyl/N-ethyl adjacent to an activating group) is 1. The summed E-state index contributed by atoms with van der Waals surface area (Å²) >= 11 is 0. The van der Waals surface area contributed by atoms with E-state index in [9.17, 15) is 4.79 Å². The average Bonchev–Trinajstić information content (AvgIpc) is 2.37. The minimum absolute atomic E-state index is 0.0515. The molecule has 0 bridgehead atoms. The summed E-state index contributed by atoms with van der Waals surface area (Å²) in [5.41, 5.74) is 0. The minimum Gasteiger partial charge on any atom is -0.374 e. The number of carbonyl (C=O) groups excluding carboxylic acids is 1. The highest BCUT2D eigenvalue weighted by molar-refractivity contribution is 5.77. The molecular formula is C12H25N3O2. The molecule has 0 spiro atoms. The molecule has 100 valence electrons. The first-order valence-corrected chi connectivity index (χ1v) is 6.57. The lowest BCUT2D eigenvalue weighted by atomic mass is 10.2. The fourth-order valence-corrected chi connectivity index (χ4v) is 1.86. The van der Waals surface area contributed by atoms with Crippen LogP contribution in [0.5, 0.6) is 0 Å². The topological polar surface area (TPSA) is 53.6 Å². The Labute approximate surface area is 104 Å². The third kappa shape index (κ3) is 6.00. The van der Waals surface area contributed by atoms with Crippen LogP contribution in [-0.4, -0.2) is 62.8 Å². The number of ether oxygens (including phenoxy) is 1. The Balaban J connectivity index is 2.10. The van der Waals surface area contributed by atoms with Crippen LogP contribution in [-0.2, 0) is 9.53 Å². The smallest absolute Gasteiger partial charge is 0.234 e. The highest BCUT2D eigenvalue weighted by atomic mass is 16.5. The minimum atomic E-state index is 0.0515. The molecule has 5 nitrogen and oxygen atoms in total. The van der Waals surface area contributed by atoms with Gasteiger partial charge in [-0.25, -0.2) is 0 Å². The van der Waals surface area contributed by atoms with Crippen LogP contribution in [0.3, 0.4) is 0 Å². The predicted molar refractivity (Wildman–Crippen MR) is 68.0 cm³/mol. The van der Waals surface area contributed by atoms with Crippen molar-refractivity contribution in [2.24, 2.45) is 0 Å². The fraction of sp³-hybridized carbons (Fsp3) is 0.917. The molecule has 1 atom stereocenters. The second-order valence-corrected chi connectivity index (χ2v) is 4.37. The molecule has 1 heterocycles. The van der Waals surface area contributed by atoms with E-state index in [-0.39, 0.29) is 12.0 Å². The number of hydrogen-bond donors (Lipinski definition) is 2. The van der Waals surface area contributed by atoms with E-state index in [0.29, 0.717) is 13.1 Å². The lowest BCUT2D eigenvalue weighted by Gasteiger charge is -2.32. The van der Waals surface area contributed by atoms with Gasteiger partial charge in [0.05, 0.1) is 19.3 Å². The standard InChI is InChI=1S/C12H25N3O2/c1-3-5-13-9-12(16)14-8-11-10-15(4-2)6-7-17-11/h11,13H,3-10H2,1-2H3,(H,14,16). The van der Waals surface area contributed by atoms with E-state index < -0.39 is 0 Å². The molecule has 0 aliphatic carbocycles. The van der Waals surface area contributed by atoms with Crippen LogP contribution in [0, 0.1) is 0 Å². The Morgan fingerprint density at radius 1 is 1.47 bits per heavy atom. The normalized spacial score (nSPS) is 21.4. The summed E-state index contributed by atoms with van der Waals surface area (Å²) in [6.45, 7) is 9.86.